The molecule has 1 fully saturated rings. The highest BCUT2D eigenvalue weighted by Crippen LogP contribution is 2.35. The van der Waals surface area contributed by atoms with Crippen molar-refractivity contribution < 1.29 is 5.11 Å². The highest BCUT2D eigenvalue weighted by atomic mass is 32.2. The summed E-state index contributed by atoms with van der Waals surface area (Å²) in [6.07, 6.45) is 5.87. The minimum atomic E-state index is 0.200. The zero-order chi connectivity index (χ0) is 25.2. The number of thiazole rings is 1. The molecule has 10 heteroatoms. The summed E-state index contributed by atoms with van der Waals surface area (Å²) in [6.45, 7) is 1.86. The van der Waals surface area contributed by atoms with E-state index < -0.39 is 0 Å². The van der Waals surface area contributed by atoms with Crippen LogP contribution in [0.2, 0.25) is 0 Å². The Morgan fingerprint density at radius 2 is 2.03 bits per heavy atom. The molecule has 1 saturated heterocycles. The second kappa shape index (κ2) is 10.2. The number of rotatable bonds is 6. The van der Waals surface area contributed by atoms with Gasteiger partial charge in [-0.05, 0) is 67.3 Å². The number of phenolic OH excluding ortho intramolecular Hbond substituents is 1. The smallest absolute Gasteiger partial charge is 0.223 e. The van der Waals surface area contributed by atoms with E-state index in [9.17, 15) is 5.11 Å². The van der Waals surface area contributed by atoms with Gasteiger partial charge < -0.3 is 10.4 Å². The van der Waals surface area contributed by atoms with Crippen molar-refractivity contribution in [3.05, 3.63) is 77.9 Å². The fourth-order valence-corrected chi connectivity index (χ4v) is 6.26. The molecule has 37 heavy (non-hydrogen) atoms. The Labute approximate surface area is 222 Å². The molecule has 0 radical (unpaired) electrons. The van der Waals surface area contributed by atoms with E-state index in [-0.39, 0.29) is 11.8 Å². The lowest BCUT2D eigenvalue weighted by atomic mass is 10.1. The van der Waals surface area contributed by atoms with Gasteiger partial charge in [0.05, 0.1) is 23.0 Å². The van der Waals surface area contributed by atoms with Crippen LogP contribution < -0.4 is 5.32 Å². The standard InChI is InChI=1S/C27H23N7OS2/c28-16-18-6-8-22(9-7-18)37-33-12-2-4-20(17-33)30-26-29-11-10-23(31-26)25-24(19-3-1-5-21(35)15-19)32-27-34(25)13-14-36-27/h1,3,5-11,13-15,20,35H,2,4,12,17H2,(H,29,30,31)/t20-/m1/s1. The first-order valence-corrected chi connectivity index (χ1v) is 13.6. The van der Waals surface area contributed by atoms with Crippen molar-refractivity contribution in [3.63, 3.8) is 0 Å². The second-order valence-corrected chi connectivity index (χ2v) is 10.8. The highest BCUT2D eigenvalue weighted by molar-refractivity contribution is 7.97. The summed E-state index contributed by atoms with van der Waals surface area (Å²) in [7, 11) is 0. The molecule has 3 aromatic heterocycles. The SMILES string of the molecule is N#Cc1ccc(SN2CCC[C@@H](Nc3nccc(-c4c(-c5cccc(O)c5)nc5sccn45)n3)C2)cc1. The van der Waals surface area contributed by atoms with Gasteiger partial charge in [0, 0.05) is 47.4 Å². The van der Waals surface area contributed by atoms with Crippen molar-refractivity contribution >= 4 is 34.2 Å². The lowest BCUT2D eigenvalue weighted by molar-refractivity contribution is 0.355. The van der Waals surface area contributed by atoms with Crippen molar-refractivity contribution in [3.8, 4) is 34.5 Å². The third kappa shape index (κ3) is 5.02. The predicted octanol–water partition coefficient (Wildman–Crippen LogP) is 5.68. The molecule has 8 nitrogen and oxygen atoms in total. The number of nitrogens with one attached hydrogen (secondary N) is 1. The van der Waals surface area contributed by atoms with E-state index in [0.29, 0.717) is 11.5 Å². The summed E-state index contributed by atoms with van der Waals surface area (Å²) in [5.74, 6) is 0.783. The van der Waals surface area contributed by atoms with Crippen molar-refractivity contribution in [2.75, 3.05) is 18.4 Å². The van der Waals surface area contributed by atoms with Crippen LogP contribution in [-0.4, -0.2) is 47.9 Å². The molecule has 2 aromatic carbocycles. The van der Waals surface area contributed by atoms with E-state index in [2.05, 4.69) is 20.7 Å². The largest absolute Gasteiger partial charge is 0.508 e. The zero-order valence-corrected chi connectivity index (χ0v) is 21.4. The van der Waals surface area contributed by atoms with Crippen LogP contribution in [0, 0.1) is 11.3 Å². The molecule has 1 aliphatic heterocycles. The van der Waals surface area contributed by atoms with Gasteiger partial charge in [-0.3, -0.25) is 4.40 Å². The molecule has 1 aliphatic rings. The van der Waals surface area contributed by atoms with E-state index in [1.165, 1.54) is 0 Å². The number of imidazole rings is 1. The van der Waals surface area contributed by atoms with Crippen LogP contribution in [0.4, 0.5) is 5.95 Å². The molecule has 1 atom stereocenters. The van der Waals surface area contributed by atoms with Crippen LogP contribution in [0.5, 0.6) is 5.75 Å². The molecule has 184 valence electrons. The molecular weight excluding hydrogens is 502 g/mol. The first kappa shape index (κ1) is 23.5. The summed E-state index contributed by atoms with van der Waals surface area (Å²) in [5, 5.41) is 24.6. The van der Waals surface area contributed by atoms with Crippen LogP contribution in [-0.2, 0) is 0 Å². The molecule has 0 saturated carbocycles. The first-order chi connectivity index (χ1) is 18.2. The Morgan fingerprint density at radius 1 is 1.14 bits per heavy atom. The van der Waals surface area contributed by atoms with Gasteiger partial charge in [-0.2, -0.15) is 5.26 Å². The molecule has 4 heterocycles. The number of anilines is 1. The van der Waals surface area contributed by atoms with Gasteiger partial charge >= 0.3 is 0 Å². The number of hydrogen-bond donors (Lipinski definition) is 2. The number of nitrogens with zero attached hydrogens (tertiary/aromatic N) is 6. The maximum Gasteiger partial charge on any atom is 0.223 e. The Kier molecular flexibility index (Phi) is 6.49. The molecule has 0 unspecified atom stereocenters. The van der Waals surface area contributed by atoms with E-state index in [4.69, 9.17) is 15.2 Å². The summed E-state index contributed by atoms with van der Waals surface area (Å²) >= 11 is 3.27. The number of phenols is 1. The second-order valence-electron chi connectivity index (χ2n) is 8.78. The van der Waals surface area contributed by atoms with E-state index >= 15 is 0 Å². The van der Waals surface area contributed by atoms with Gasteiger partial charge in [0.15, 0.2) is 4.96 Å². The molecule has 2 N–H and O–H groups in total. The predicted molar refractivity (Wildman–Crippen MR) is 146 cm³/mol. The number of piperidine rings is 1. The van der Waals surface area contributed by atoms with Crippen molar-refractivity contribution in [2.24, 2.45) is 0 Å². The van der Waals surface area contributed by atoms with Crippen LogP contribution in [0.25, 0.3) is 27.6 Å². The number of aromatic nitrogens is 4. The van der Waals surface area contributed by atoms with Crippen molar-refractivity contribution in [2.45, 2.75) is 23.8 Å². The van der Waals surface area contributed by atoms with Crippen molar-refractivity contribution in [1.29, 1.82) is 5.26 Å². The maximum atomic E-state index is 10.0. The third-order valence-electron chi connectivity index (χ3n) is 6.22. The van der Waals surface area contributed by atoms with Gasteiger partial charge in [0.25, 0.3) is 0 Å². The quantitative estimate of drug-likeness (QED) is 0.273. The molecule has 5 aromatic rings. The van der Waals surface area contributed by atoms with Crippen LogP contribution >= 0.6 is 23.3 Å². The number of hydrogen-bond acceptors (Lipinski definition) is 9. The van der Waals surface area contributed by atoms with Gasteiger partial charge in [-0.25, -0.2) is 19.3 Å². The maximum absolute atomic E-state index is 10.0. The summed E-state index contributed by atoms with van der Waals surface area (Å²) in [6, 6.07) is 19.1. The lowest BCUT2D eigenvalue weighted by Crippen LogP contribution is -2.38. The average Bonchev–Trinajstić information content (AvgIpc) is 3.51. The molecule has 0 aliphatic carbocycles. The molecular formula is C27H23N7OS2. The number of aromatic hydroxyl groups is 1. The Morgan fingerprint density at radius 3 is 2.86 bits per heavy atom. The fraction of sp³-hybridized carbons (Fsp3) is 0.185. The Bertz CT molecular complexity index is 1590. The third-order valence-corrected chi connectivity index (χ3v) is 8.04. The van der Waals surface area contributed by atoms with Crippen molar-refractivity contribution in [1.82, 2.24) is 23.7 Å². The molecule has 0 spiro atoms. The van der Waals surface area contributed by atoms with Crippen LogP contribution in [0.3, 0.4) is 0 Å². The molecule has 0 bridgehead atoms. The molecule has 6 rings (SSSR count). The van der Waals surface area contributed by atoms with Gasteiger partial charge in [0.1, 0.15) is 11.4 Å². The van der Waals surface area contributed by atoms with Crippen LogP contribution in [0.1, 0.15) is 18.4 Å². The zero-order valence-electron chi connectivity index (χ0n) is 19.8. The highest BCUT2D eigenvalue weighted by Gasteiger charge is 2.23. The molecule has 0 amide bonds. The monoisotopic (exact) mass is 525 g/mol. The number of benzene rings is 2. The summed E-state index contributed by atoms with van der Waals surface area (Å²) < 4.78 is 4.38. The summed E-state index contributed by atoms with van der Waals surface area (Å²) in [4.78, 5) is 16.2. The minimum absolute atomic E-state index is 0.200. The Balaban J connectivity index is 1.23. The topological polar surface area (TPSA) is 102 Å². The summed E-state index contributed by atoms with van der Waals surface area (Å²) in [5.41, 5.74) is 3.91. The van der Waals surface area contributed by atoms with E-state index in [1.54, 1.807) is 41.6 Å². The lowest BCUT2D eigenvalue weighted by Gasteiger charge is -2.32. The number of nitriles is 1. The fourth-order valence-electron chi connectivity index (χ4n) is 4.51. The average molecular weight is 526 g/mol. The van der Waals surface area contributed by atoms with Gasteiger partial charge in [-0.15, -0.1) is 11.3 Å². The van der Waals surface area contributed by atoms with Gasteiger partial charge in [-0.1, -0.05) is 12.1 Å². The van der Waals surface area contributed by atoms with E-state index in [1.807, 2.05) is 58.4 Å². The number of fused-ring (bicyclic) bond motifs is 1. The first-order valence-electron chi connectivity index (χ1n) is 11.9. The van der Waals surface area contributed by atoms with Gasteiger partial charge in [0.2, 0.25) is 5.95 Å². The Hall–Kier alpha value is -3.91. The normalized spacial score (nSPS) is 16.0. The van der Waals surface area contributed by atoms with Crippen LogP contribution in [0.15, 0.2) is 77.3 Å². The minimum Gasteiger partial charge on any atom is -0.508 e. The van der Waals surface area contributed by atoms with E-state index in [0.717, 1.165) is 58.4 Å².